The van der Waals surface area contributed by atoms with Gasteiger partial charge < -0.3 is 19.4 Å². The van der Waals surface area contributed by atoms with Gasteiger partial charge in [-0.2, -0.15) is 0 Å². The highest BCUT2D eigenvalue weighted by Crippen LogP contribution is 2.21. The lowest BCUT2D eigenvalue weighted by molar-refractivity contribution is -0.118. The minimum Gasteiger partial charge on any atom is -0.484 e. The lowest BCUT2D eigenvalue weighted by Gasteiger charge is -2.09. The summed E-state index contributed by atoms with van der Waals surface area (Å²) in [6.45, 7) is -0.0639. The van der Waals surface area contributed by atoms with Gasteiger partial charge in [-0.05, 0) is 54.6 Å². The molecular weight excluding hydrogens is 368 g/mol. The summed E-state index contributed by atoms with van der Waals surface area (Å²) in [6.07, 6.45) is 3.78. The molecule has 0 atom stereocenters. The molecule has 7 nitrogen and oxygen atoms in total. The Morgan fingerprint density at radius 2 is 1.59 bits per heavy atom. The Morgan fingerprint density at radius 3 is 2.28 bits per heavy atom. The summed E-state index contributed by atoms with van der Waals surface area (Å²) in [5.74, 6) is 2.09. The van der Waals surface area contributed by atoms with E-state index in [1.807, 2.05) is 53.4 Å². The first kappa shape index (κ1) is 18.2. The van der Waals surface area contributed by atoms with E-state index in [1.54, 1.807) is 42.5 Å². The molecule has 0 radical (unpaired) electrons. The molecule has 1 amide bonds. The smallest absolute Gasteiger partial charge is 0.262 e. The van der Waals surface area contributed by atoms with Gasteiger partial charge in [0.1, 0.15) is 11.5 Å². The minimum atomic E-state index is -0.242. The van der Waals surface area contributed by atoms with Crippen LogP contribution in [0.15, 0.2) is 91.3 Å². The Labute approximate surface area is 167 Å². The number of hydrogen-bond acceptors (Lipinski definition) is 5. The van der Waals surface area contributed by atoms with Gasteiger partial charge in [0.05, 0.1) is 0 Å². The number of anilines is 1. The molecule has 2 aromatic carbocycles. The number of nitrogens with zero attached hydrogens (tertiary/aromatic N) is 3. The SMILES string of the molecule is O=C(COc1ccccc1)Nc1ccc(Oc2ccc(-n3cccc3)nn2)cc1. The normalized spacial score (nSPS) is 10.3. The average molecular weight is 386 g/mol. The van der Waals surface area contributed by atoms with Gasteiger partial charge in [0, 0.05) is 24.1 Å². The first-order valence-electron chi connectivity index (χ1n) is 8.99. The highest BCUT2D eigenvalue weighted by Gasteiger charge is 2.05. The highest BCUT2D eigenvalue weighted by atomic mass is 16.5. The Bertz CT molecular complexity index is 1050. The first-order chi connectivity index (χ1) is 14.3. The zero-order valence-corrected chi connectivity index (χ0v) is 15.4. The molecule has 0 aliphatic heterocycles. The fourth-order valence-electron chi connectivity index (χ4n) is 2.58. The number of hydrogen-bond donors (Lipinski definition) is 1. The van der Waals surface area contributed by atoms with Crippen LogP contribution in [0.5, 0.6) is 17.4 Å². The first-order valence-corrected chi connectivity index (χ1v) is 8.99. The van der Waals surface area contributed by atoms with E-state index < -0.39 is 0 Å². The number of carbonyl (C=O) groups is 1. The minimum absolute atomic E-state index is 0.0639. The third kappa shape index (κ3) is 4.98. The summed E-state index contributed by atoms with van der Waals surface area (Å²) in [7, 11) is 0. The van der Waals surface area contributed by atoms with Crippen LogP contribution in [0.2, 0.25) is 0 Å². The van der Waals surface area contributed by atoms with E-state index in [4.69, 9.17) is 9.47 Å². The number of carbonyl (C=O) groups excluding carboxylic acids is 1. The maximum Gasteiger partial charge on any atom is 0.262 e. The fraction of sp³-hybridized carbons (Fsp3) is 0.0455. The molecule has 0 saturated carbocycles. The second kappa shape index (κ2) is 8.71. The maximum atomic E-state index is 12.0. The van der Waals surface area contributed by atoms with Crippen molar-refractivity contribution in [3.8, 4) is 23.2 Å². The largest absolute Gasteiger partial charge is 0.484 e. The van der Waals surface area contributed by atoms with Crippen LogP contribution in [0.1, 0.15) is 0 Å². The van der Waals surface area contributed by atoms with E-state index in [9.17, 15) is 4.79 Å². The Morgan fingerprint density at radius 1 is 0.828 bits per heavy atom. The van der Waals surface area contributed by atoms with Gasteiger partial charge in [0.15, 0.2) is 12.4 Å². The van der Waals surface area contributed by atoms with Crippen LogP contribution in [-0.2, 0) is 4.79 Å². The van der Waals surface area contributed by atoms with Crippen LogP contribution in [0, 0.1) is 0 Å². The zero-order chi connectivity index (χ0) is 19.9. The molecule has 0 aliphatic rings. The maximum absolute atomic E-state index is 12.0. The number of nitrogens with one attached hydrogen (secondary N) is 1. The van der Waals surface area contributed by atoms with Crippen LogP contribution < -0.4 is 14.8 Å². The third-order valence-corrected chi connectivity index (χ3v) is 3.97. The van der Waals surface area contributed by atoms with E-state index in [1.165, 1.54) is 0 Å². The zero-order valence-electron chi connectivity index (χ0n) is 15.4. The van der Waals surface area contributed by atoms with Gasteiger partial charge in [-0.1, -0.05) is 18.2 Å². The summed E-state index contributed by atoms with van der Waals surface area (Å²) in [6, 6.07) is 23.6. The van der Waals surface area contributed by atoms with E-state index in [2.05, 4.69) is 15.5 Å². The summed E-state index contributed by atoms with van der Waals surface area (Å²) >= 11 is 0. The van der Waals surface area contributed by atoms with Crippen LogP contribution in [0.3, 0.4) is 0 Å². The van der Waals surface area contributed by atoms with Crippen molar-refractivity contribution in [1.29, 1.82) is 0 Å². The predicted octanol–water partition coefficient (Wildman–Crippen LogP) is 4.08. The number of ether oxygens (including phenoxy) is 2. The molecule has 2 heterocycles. The van der Waals surface area contributed by atoms with E-state index in [0.29, 0.717) is 28.9 Å². The Kier molecular flexibility index (Phi) is 5.48. The fourth-order valence-corrected chi connectivity index (χ4v) is 2.58. The van der Waals surface area contributed by atoms with Crippen LogP contribution in [0.4, 0.5) is 5.69 Å². The summed E-state index contributed by atoms with van der Waals surface area (Å²) in [4.78, 5) is 12.0. The van der Waals surface area contributed by atoms with Gasteiger partial charge in [0.2, 0.25) is 5.88 Å². The lowest BCUT2D eigenvalue weighted by Crippen LogP contribution is -2.20. The van der Waals surface area contributed by atoms with Crippen molar-refractivity contribution in [2.45, 2.75) is 0 Å². The van der Waals surface area contributed by atoms with Gasteiger partial charge in [-0.15, -0.1) is 10.2 Å². The Balaban J connectivity index is 1.30. The molecule has 0 bridgehead atoms. The van der Waals surface area contributed by atoms with Gasteiger partial charge in [-0.3, -0.25) is 4.79 Å². The summed E-state index contributed by atoms with van der Waals surface area (Å²) < 4.78 is 13.0. The molecule has 1 N–H and O–H groups in total. The van der Waals surface area contributed by atoms with Gasteiger partial charge >= 0.3 is 0 Å². The van der Waals surface area contributed by atoms with Crippen molar-refractivity contribution < 1.29 is 14.3 Å². The Hall–Kier alpha value is -4.13. The number of amides is 1. The van der Waals surface area contributed by atoms with Crippen LogP contribution in [0.25, 0.3) is 5.82 Å². The van der Waals surface area contributed by atoms with Crippen molar-refractivity contribution in [2.75, 3.05) is 11.9 Å². The third-order valence-electron chi connectivity index (χ3n) is 3.97. The summed E-state index contributed by atoms with van der Waals surface area (Å²) in [5, 5.41) is 11.0. The molecule has 4 aromatic rings. The monoisotopic (exact) mass is 386 g/mol. The number of aromatic nitrogens is 3. The quantitative estimate of drug-likeness (QED) is 0.518. The van der Waals surface area contributed by atoms with Crippen LogP contribution in [-0.4, -0.2) is 27.3 Å². The number of benzene rings is 2. The molecule has 0 unspecified atom stereocenters. The van der Waals surface area contributed by atoms with Gasteiger partial charge in [-0.25, -0.2) is 0 Å². The van der Waals surface area contributed by atoms with Crippen molar-refractivity contribution in [2.24, 2.45) is 0 Å². The van der Waals surface area contributed by atoms with Crippen molar-refractivity contribution in [3.63, 3.8) is 0 Å². The van der Waals surface area contributed by atoms with E-state index >= 15 is 0 Å². The van der Waals surface area contributed by atoms with Gasteiger partial charge in [0.25, 0.3) is 5.91 Å². The second-order valence-electron chi connectivity index (χ2n) is 6.10. The molecule has 0 aliphatic carbocycles. The second-order valence-corrected chi connectivity index (χ2v) is 6.10. The van der Waals surface area contributed by atoms with Crippen molar-refractivity contribution in [1.82, 2.24) is 14.8 Å². The predicted molar refractivity (Wildman–Crippen MR) is 108 cm³/mol. The van der Waals surface area contributed by atoms with E-state index in [-0.39, 0.29) is 12.5 Å². The van der Waals surface area contributed by atoms with Crippen molar-refractivity contribution in [3.05, 3.63) is 91.3 Å². The standard InChI is InChI=1S/C22H18N4O3/c27-21(16-28-18-6-2-1-3-7-18)23-17-8-10-19(11-9-17)29-22-13-12-20(24-25-22)26-14-4-5-15-26/h1-15H,16H2,(H,23,27). The van der Waals surface area contributed by atoms with E-state index in [0.717, 1.165) is 0 Å². The molecule has 7 heteroatoms. The molecule has 4 rings (SSSR count). The topological polar surface area (TPSA) is 78.3 Å². The molecule has 29 heavy (non-hydrogen) atoms. The molecular formula is C22H18N4O3. The number of rotatable bonds is 7. The average Bonchev–Trinajstić information content (AvgIpc) is 3.30. The molecule has 2 aromatic heterocycles. The number of para-hydroxylation sites is 1. The molecule has 0 spiro atoms. The molecule has 144 valence electrons. The highest BCUT2D eigenvalue weighted by molar-refractivity contribution is 5.91. The molecule has 0 fully saturated rings. The summed E-state index contributed by atoms with van der Waals surface area (Å²) in [5.41, 5.74) is 0.646. The van der Waals surface area contributed by atoms with Crippen LogP contribution >= 0.6 is 0 Å². The van der Waals surface area contributed by atoms with Crippen molar-refractivity contribution >= 4 is 11.6 Å². The molecule has 0 saturated heterocycles. The lowest BCUT2D eigenvalue weighted by atomic mass is 10.3.